The lowest BCUT2D eigenvalue weighted by Crippen LogP contribution is -2.29. The molecule has 0 aliphatic carbocycles. The van der Waals surface area contributed by atoms with E-state index in [1.807, 2.05) is 0 Å². The maximum absolute atomic E-state index is 13.2. The van der Waals surface area contributed by atoms with Gasteiger partial charge in [-0.15, -0.1) is 0 Å². The van der Waals surface area contributed by atoms with Crippen LogP contribution in [0.1, 0.15) is 22.9 Å². The number of Topliss-reactive ketones (excluding diaryl/α,β-unsaturated/α-hetero) is 1. The molecular formula is C25H21NO8. The van der Waals surface area contributed by atoms with Gasteiger partial charge < -0.3 is 24.1 Å². The number of carbonyl (C=O) groups excluding carboxylic acids is 2. The van der Waals surface area contributed by atoms with Crippen molar-refractivity contribution in [1.82, 2.24) is 0 Å². The van der Waals surface area contributed by atoms with Crippen LogP contribution in [0.5, 0.6) is 11.5 Å². The average molecular weight is 463 g/mol. The predicted molar refractivity (Wildman–Crippen MR) is 121 cm³/mol. The Balaban J connectivity index is 1.86. The van der Waals surface area contributed by atoms with Gasteiger partial charge in [0.1, 0.15) is 29.1 Å². The molecule has 9 heteroatoms. The molecule has 9 nitrogen and oxygen atoms in total. The maximum Gasteiger partial charge on any atom is 0.307 e. The van der Waals surface area contributed by atoms with Crippen LogP contribution in [-0.4, -0.2) is 42.1 Å². The molecule has 0 bridgehead atoms. The van der Waals surface area contributed by atoms with E-state index in [2.05, 4.69) is 0 Å². The van der Waals surface area contributed by atoms with Crippen molar-refractivity contribution in [3.8, 4) is 11.5 Å². The Labute approximate surface area is 194 Å². The van der Waals surface area contributed by atoms with Crippen molar-refractivity contribution < 1.29 is 38.5 Å². The Morgan fingerprint density at radius 1 is 1.03 bits per heavy atom. The summed E-state index contributed by atoms with van der Waals surface area (Å²) in [6.45, 7) is 0. The number of aliphatic hydroxyl groups is 1. The molecule has 2 heterocycles. The predicted octanol–water partition coefficient (Wildman–Crippen LogP) is 3.55. The number of aliphatic hydroxyl groups excluding tert-OH is 1. The van der Waals surface area contributed by atoms with E-state index in [1.54, 1.807) is 48.5 Å². The molecule has 1 unspecified atom stereocenters. The molecular weight excluding hydrogens is 442 g/mol. The van der Waals surface area contributed by atoms with Gasteiger partial charge in [0.2, 0.25) is 0 Å². The molecule has 4 rings (SSSR count). The topological polar surface area (TPSA) is 127 Å². The molecule has 1 aromatic heterocycles. The van der Waals surface area contributed by atoms with Gasteiger partial charge in [-0.2, -0.15) is 0 Å². The molecule has 1 amide bonds. The smallest absolute Gasteiger partial charge is 0.307 e. The number of carboxylic acids is 1. The summed E-state index contributed by atoms with van der Waals surface area (Å²) in [5.74, 6) is -2.17. The molecule has 1 atom stereocenters. The molecule has 1 saturated heterocycles. The number of carboxylic acid groups (broad SMARTS) is 1. The number of benzene rings is 2. The van der Waals surface area contributed by atoms with Crippen molar-refractivity contribution in [2.24, 2.45) is 0 Å². The quantitative estimate of drug-likeness (QED) is 0.309. The van der Waals surface area contributed by atoms with E-state index in [1.165, 1.54) is 31.4 Å². The summed E-state index contributed by atoms with van der Waals surface area (Å²) >= 11 is 0. The second-order valence-corrected chi connectivity index (χ2v) is 7.49. The van der Waals surface area contributed by atoms with Crippen LogP contribution >= 0.6 is 0 Å². The summed E-state index contributed by atoms with van der Waals surface area (Å²) in [6.07, 6.45) is 1.22. The van der Waals surface area contributed by atoms with Crippen LogP contribution < -0.4 is 14.4 Å². The van der Waals surface area contributed by atoms with Crippen LogP contribution in [0.3, 0.4) is 0 Å². The first-order valence-electron chi connectivity index (χ1n) is 10.2. The second kappa shape index (κ2) is 9.14. The van der Waals surface area contributed by atoms with Crippen LogP contribution in [-0.2, 0) is 20.8 Å². The van der Waals surface area contributed by atoms with E-state index < -0.39 is 29.5 Å². The van der Waals surface area contributed by atoms with Gasteiger partial charge in [-0.3, -0.25) is 19.3 Å². The van der Waals surface area contributed by atoms with E-state index in [0.717, 1.165) is 0 Å². The number of carbonyl (C=O) groups is 3. The third kappa shape index (κ3) is 3.99. The number of methoxy groups -OCH3 is 2. The lowest BCUT2D eigenvalue weighted by atomic mass is 9.98. The van der Waals surface area contributed by atoms with Crippen molar-refractivity contribution in [1.29, 1.82) is 0 Å². The Hall–Kier alpha value is -4.53. The number of ketones is 1. The molecule has 0 spiro atoms. The lowest BCUT2D eigenvalue weighted by Gasteiger charge is -2.23. The number of anilines is 1. The van der Waals surface area contributed by atoms with Gasteiger partial charge in [-0.25, -0.2) is 0 Å². The number of hydrogen-bond donors (Lipinski definition) is 2. The monoisotopic (exact) mass is 463 g/mol. The molecule has 2 aromatic carbocycles. The zero-order valence-corrected chi connectivity index (χ0v) is 18.3. The highest BCUT2D eigenvalue weighted by Crippen LogP contribution is 2.43. The first kappa shape index (κ1) is 22.7. The largest absolute Gasteiger partial charge is 0.507 e. The SMILES string of the molecule is COc1ccc(/C(O)=C2/C(=O)C(=O)N(c3ccc(CC(=O)O)cc3)C2c2ccco2)c(OC)c1. The van der Waals surface area contributed by atoms with Gasteiger partial charge in [0.15, 0.2) is 0 Å². The maximum atomic E-state index is 13.2. The summed E-state index contributed by atoms with van der Waals surface area (Å²) in [4.78, 5) is 38.5. The van der Waals surface area contributed by atoms with Crippen molar-refractivity contribution in [3.63, 3.8) is 0 Å². The first-order valence-corrected chi connectivity index (χ1v) is 10.2. The van der Waals surface area contributed by atoms with Gasteiger partial charge in [0, 0.05) is 11.8 Å². The van der Waals surface area contributed by atoms with E-state index >= 15 is 0 Å². The van der Waals surface area contributed by atoms with Gasteiger partial charge in [-0.1, -0.05) is 12.1 Å². The van der Waals surface area contributed by atoms with Crippen LogP contribution in [0, 0.1) is 0 Å². The zero-order chi connectivity index (χ0) is 24.4. The van der Waals surface area contributed by atoms with E-state index in [-0.39, 0.29) is 29.1 Å². The molecule has 0 saturated carbocycles. The molecule has 34 heavy (non-hydrogen) atoms. The normalized spacial score (nSPS) is 17.1. The zero-order valence-electron chi connectivity index (χ0n) is 18.3. The van der Waals surface area contributed by atoms with Crippen LogP contribution in [0.4, 0.5) is 5.69 Å². The fourth-order valence-electron chi connectivity index (χ4n) is 3.90. The number of amides is 1. The molecule has 174 valence electrons. The molecule has 1 aliphatic rings. The van der Waals surface area contributed by atoms with Gasteiger partial charge in [-0.05, 0) is 42.0 Å². The van der Waals surface area contributed by atoms with Crippen molar-refractivity contribution in [2.75, 3.05) is 19.1 Å². The number of ether oxygens (including phenoxy) is 2. The third-order valence-corrected chi connectivity index (χ3v) is 5.49. The van der Waals surface area contributed by atoms with E-state index in [9.17, 15) is 19.5 Å². The Morgan fingerprint density at radius 3 is 2.35 bits per heavy atom. The number of rotatable bonds is 7. The first-order chi connectivity index (χ1) is 16.3. The Kier molecular flexibility index (Phi) is 6.09. The Bertz CT molecular complexity index is 1270. The molecule has 2 N–H and O–H groups in total. The van der Waals surface area contributed by atoms with E-state index in [4.69, 9.17) is 19.0 Å². The minimum absolute atomic E-state index is 0.168. The van der Waals surface area contributed by atoms with Crippen LogP contribution in [0.25, 0.3) is 5.76 Å². The number of aliphatic carboxylic acids is 1. The van der Waals surface area contributed by atoms with Gasteiger partial charge in [0.05, 0.1) is 38.0 Å². The number of nitrogens with zero attached hydrogens (tertiary/aromatic N) is 1. The van der Waals surface area contributed by atoms with Crippen LogP contribution in [0.2, 0.25) is 0 Å². The third-order valence-electron chi connectivity index (χ3n) is 5.49. The Morgan fingerprint density at radius 2 is 1.76 bits per heavy atom. The van der Waals surface area contributed by atoms with Gasteiger partial charge >= 0.3 is 5.97 Å². The summed E-state index contributed by atoms with van der Waals surface area (Å²) in [5, 5.41) is 20.2. The summed E-state index contributed by atoms with van der Waals surface area (Å²) < 4.78 is 16.1. The van der Waals surface area contributed by atoms with E-state index in [0.29, 0.717) is 17.0 Å². The fraction of sp³-hybridized carbons (Fsp3) is 0.160. The second-order valence-electron chi connectivity index (χ2n) is 7.49. The van der Waals surface area contributed by atoms with Crippen molar-refractivity contribution >= 4 is 29.1 Å². The lowest BCUT2D eigenvalue weighted by molar-refractivity contribution is -0.136. The van der Waals surface area contributed by atoms with Crippen molar-refractivity contribution in [3.05, 3.63) is 83.3 Å². The minimum atomic E-state index is -1.05. The highest BCUT2D eigenvalue weighted by Gasteiger charge is 2.48. The average Bonchev–Trinajstić information content (AvgIpc) is 3.45. The summed E-state index contributed by atoms with van der Waals surface area (Å²) in [7, 11) is 2.89. The number of hydrogen-bond acceptors (Lipinski definition) is 7. The minimum Gasteiger partial charge on any atom is -0.507 e. The summed E-state index contributed by atoms with van der Waals surface area (Å²) in [5.41, 5.74) is 0.913. The summed E-state index contributed by atoms with van der Waals surface area (Å²) in [6, 6.07) is 13.1. The molecule has 0 radical (unpaired) electrons. The van der Waals surface area contributed by atoms with Crippen molar-refractivity contribution in [2.45, 2.75) is 12.5 Å². The molecule has 1 aliphatic heterocycles. The molecule has 1 fully saturated rings. The van der Waals surface area contributed by atoms with Crippen LogP contribution in [0.15, 0.2) is 70.9 Å². The highest BCUT2D eigenvalue weighted by molar-refractivity contribution is 6.51. The highest BCUT2D eigenvalue weighted by atomic mass is 16.5. The standard InChI is InChI=1S/C25H21NO8/c1-32-16-9-10-17(19(13-16)33-2)23(29)21-22(18-4-3-11-34-18)26(25(31)24(21)30)15-7-5-14(6-8-15)12-20(27)28/h3-11,13,22,29H,12H2,1-2H3,(H,27,28)/b23-21-. The van der Waals surface area contributed by atoms with Gasteiger partial charge in [0.25, 0.3) is 11.7 Å². The number of furan rings is 1. The molecule has 3 aromatic rings. The fourth-order valence-corrected chi connectivity index (χ4v) is 3.90.